The minimum absolute atomic E-state index is 0.0540. The third-order valence-corrected chi connectivity index (χ3v) is 6.30. The molecule has 1 aromatic carbocycles. The summed E-state index contributed by atoms with van der Waals surface area (Å²) in [5, 5.41) is 8.76. The lowest BCUT2D eigenvalue weighted by atomic mass is 9.94. The standard InChI is InChI=1S/C23H34N4OS/c1-7-18(11-13-26(6)17(2)28)16-27-21-10-9-19(29-14-8-12-24)15-20(21)25-22(27)23(3,4)5/h9-10,15,18H,7-8,11,13-14,16H2,1-6H3. The van der Waals surface area contributed by atoms with E-state index < -0.39 is 0 Å². The summed E-state index contributed by atoms with van der Waals surface area (Å²) in [5.74, 6) is 2.51. The number of nitrogens with zero attached hydrogens (tertiary/aromatic N) is 4. The molecule has 2 rings (SSSR count). The molecule has 2 aromatic rings. The van der Waals surface area contributed by atoms with Gasteiger partial charge in [0, 0.05) is 49.5 Å². The van der Waals surface area contributed by atoms with Crippen molar-refractivity contribution in [1.29, 1.82) is 5.26 Å². The summed E-state index contributed by atoms with van der Waals surface area (Å²) in [7, 11) is 1.87. The molecule has 0 aliphatic carbocycles. The lowest BCUT2D eigenvalue weighted by molar-refractivity contribution is -0.127. The van der Waals surface area contributed by atoms with E-state index in [9.17, 15) is 4.79 Å². The summed E-state index contributed by atoms with van der Waals surface area (Å²) < 4.78 is 2.38. The quantitative estimate of drug-likeness (QED) is 0.416. The molecule has 0 saturated carbocycles. The van der Waals surface area contributed by atoms with E-state index in [4.69, 9.17) is 10.2 Å². The van der Waals surface area contributed by atoms with E-state index in [0.29, 0.717) is 12.3 Å². The van der Waals surface area contributed by atoms with Gasteiger partial charge >= 0.3 is 0 Å². The van der Waals surface area contributed by atoms with Gasteiger partial charge in [-0.3, -0.25) is 4.79 Å². The first-order valence-corrected chi connectivity index (χ1v) is 11.4. The highest BCUT2D eigenvalue weighted by Gasteiger charge is 2.24. The molecule has 0 bridgehead atoms. The number of rotatable bonds is 9. The maximum atomic E-state index is 11.5. The summed E-state index contributed by atoms with van der Waals surface area (Å²) in [5.41, 5.74) is 2.13. The number of imidazole rings is 1. The summed E-state index contributed by atoms with van der Waals surface area (Å²) in [6.45, 7) is 12.1. The van der Waals surface area contributed by atoms with Crippen LogP contribution in [-0.2, 0) is 16.8 Å². The number of benzene rings is 1. The van der Waals surface area contributed by atoms with Crippen molar-refractivity contribution in [2.75, 3.05) is 19.3 Å². The normalized spacial score (nSPS) is 12.7. The Hall–Kier alpha value is -2.00. The molecule has 1 aromatic heterocycles. The molecule has 29 heavy (non-hydrogen) atoms. The van der Waals surface area contributed by atoms with E-state index in [2.05, 4.69) is 56.5 Å². The number of amides is 1. The molecule has 0 aliphatic heterocycles. The molecule has 1 amide bonds. The molecule has 1 atom stereocenters. The number of carbonyl (C=O) groups excluding carboxylic acids is 1. The van der Waals surface area contributed by atoms with Crippen LogP contribution in [0.3, 0.4) is 0 Å². The Bertz CT molecular complexity index is 875. The lowest BCUT2D eigenvalue weighted by Gasteiger charge is -2.25. The molecule has 5 nitrogen and oxygen atoms in total. The third kappa shape index (κ3) is 6.24. The van der Waals surface area contributed by atoms with Crippen molar-refractivity contribution in [1.82, 2.24) is 14.5 Å². The van der Waals surface area contributed by atoms with E-state index >= 15 is 0 Å². The summed E-state index contributed by atoms with van der Waals surface area (Å²) in [6, 6.07) is 8.65. The summed E-state index contributed by atoms with van der Waals surface area (Å²) in [4.78, 5) is 19.5. The van der Waals surface area contributed by atoms with E-state index in [0.717, 1.165) is 53.4 Å². The number of fused-ring (bicyclic) bond motifs is 1. The molecule has 0 saturated heterocycles. The summed E-state index contributed by atoms with van der Waals surface area (Å²) in [6.07, 6.45) is 2.60. The Morgan fingerprint density at radius 2 is 2.10 bits per heavy atom. The van der Waals surface area contributed by atoms with Gasteiger partial charge in [-0.25, -0.2) is 4.98 Å². The number of carbonyl (C=O) groups is 1. The predicted molar refractivity (Wildman–Crippen MR) is 121 cm³/mol. The predicted octanol–water partition coefficient (Wildman–Crippen LogP) is 5.23. The van der Waals surface area contributed by atoms with Gasteiger partial charge < -0.3 is 9.47 Å². The van der Waals surface area contributed by atoms with Crippen LogP contribution in [0.1, 0.15) is 59.7 Å². The molecule has 0 N–H and O–H groups in total. The largest absolute Gasteiger partial charge is 0.346 e. The van der Waals surface area contributed by atoms with Crippen molar-refractivity contribution in [3.8, 4) is 6.07 Å². The lowest BCUT2D eigenvalue weighted by Crippen LogP contribution is -2.28. The SMILES string of the molecule is CCC(CCN(C)C(C)=O)Cn1c(C(C)(C)C)nc2cc(SCCC#N)ccc21. The maximum Gasteiger partial charge on any atom is 0.219 e. The van der Waals surface area contributed by atoms with Crippen molar-refractivity contribution in [3.05, 3.63) is 24.0 Å². The number of hydrogen-bond donors (Lipinski definition) is 0. The monoisotopic (exact) mass is 414 g/mol. The fourth-order valence-electron chi connectivity index (χ4n) is 3.39. The average Bonchev–Trinajstić information content (AvgIpc) is 3.03. The highest BCUT2D eigenvalue weighted by molar-refractivity contribution is 7.99. The van der Waals surface area contributed by atoms with Gasteiger partial charge in [-0.05, 0) is 30.5 Å². The number of thioether (sulfide) groups is 1. The first kappa shape index (κ1) is 23.3. The van der Waals surface area contributed by atoms with Crippen molar-refractivity contribution in [2.45, 2.75) is 70.7 Å². The Morgan fingerprint density at radius 1 is 1.38 bits per heavy atom. The second kappa shape index (κ2) is 10.2. The van der Waals surface area contributed by atoms with Crippen LogP contribution in [-0.4, -0.2) is 39.7 Å². The molecule has 1 heterocycles. The molecule has 0 aliphatic rings. The van der Waals surface area contributed by atoms with Gasteiger partial charge in [0.25, 0.3) is 0 Å². The van der Waals surface area contributed by atoms with E-state index in [1.165, 1.54) is 0 Å². The Balaban J connectivity index is 2.31. The molecule has 0 radical (unpaired) electrons. The van der Waals surface area contributed by atoms with Crippen LogP contribution in [0.5, 0.6) is 0 Å². The van der Waals surface area contributed by atoms with Crippen LogP contribution in [0.4, 0.5) is 0 Å². The van der Waals surface area contributed by atoms with Gasteiger partial charge in [-0.1, -0.05) is 34.1 Å². The fraction of sp³-hybridized carbons (Fsp3) is 0.609. The van der Waals surface area contributed by atoms with E-state index in [1.54, 1.807) is 23.6 Å². The molecular formula is C23H34N4OS. The van der Waals surface area contributed by atoms with Gasteiger partial charge in [0.05, 0.1) is 17.1 Å². The second-order valence-corrected chi connectivity index (χ2v) is 9.87. The van der Waals surface area contributed by atoms with Gasteiger partial charge in [0.2, 0.25) is 5.91 Å². The molecule has 0 fully saturated rings. The van der Waals surface area contributed by atoms with Crippen molar-refractivity contribution < 1.29 is 4.79 Å². The van der Waals surface area contributed by atoms with Crippen molar-refractivity contribution in [2.24, 2.45) is 5.92 Å². The zero-order valence-corrected chi connectivity index (χ0v) is 19.5. The fourth-order valence-corrected chi connectivity index (χ4v) is 4.18. The highest BCUT2D eigenvalue weighted by atomic mass is 32.2. The zero-order chi connectivity index (χ0) is 21.6. The van der Waals surface area contributed by atoms with Crippen LogP contribution < -0.4 is 0 Å². The second-order valence-electron chi connectivity index (χ2n) is 8.71. The van der Waals surface area contributed by atoms with Gasteiger partial charge in [0.15, 0.2) is 0 Å². The van der Waals surface area contributed by atoms with Gasteiger partial charge in [0.1, 0.15) is 5.82 Å². The first-order chi connectivity index (χ1) is 13.7. The minimum atomic E-state index is -0.0540. The van der Waals surface area contributed by atoms with E-state index in [1.807, 2.05) is 7.05 Å². The Labute approximate surface area is 179 Å². The Morgan fingerprint density at radius 3 is 2.69 bits per heavy atom. The zero-order valence-electron chi connectivity index (χ0n) is 18.7. The first-order valence-electron chi connectivity index (χ1n) is 10.4. The number of hydrogen-bond acceptors (Lipinski definition) is 4. The number of aromatic nitrogens is 2. The van der Waals surface area contributed by atoms with Gasteiger partial charge in [-0.2, -0.15) is 5.26 Å². The molecule has 6 heteroatoms. The Kier molecular flexibility index (Phi) is 8.15. The topological polar surface area (TPSA) is 61.9 Å². The van der Waals surface area contributed by atoms with Crippen LogP contribution >= 0.6 is 11.8 Å². The van der Waals surface area contributed by atoms with Crippen molar-refractivity contribution >= 4 is 28.7 Å². The maximum absolute atomic E-state index is 11.5. The van der Waals surface area contributed by atoms with Crippen molar-refractivity contribution in [3.63, 3.8) is 0 Å². The molecule has 0 spiro atoms. The van der Waals surface area contributed by atoms with Crippen LogP contribution in [0.15, 0.2) is 23.1 Å². The van der Waals surface area contributed by atoms with Gasteiger partial charge in [-0.15, -0.1) is 11.8 Å². The number of nitriles is 1. The van der Waals surface area contributed by atoms with Crippen LogP contribution in [0.2, 0.25) is 0 Å². The van der Waals surface area contributed by atoms with Crippen LogP contribution in [0, 0.1) is 17.2 Å². The van der Waals surface area contributed by atoms with E-state index in [-0.39, 0.29) is 11.3 Å². The minimum Gasteiger partial charge on any atom is -0.346 e. The average molecular weight is 415 g/mol. The smallest absolute Gasteiger partial charge is 0.219 e. The molecule has 158 valence electrons. The highest BCUT2D eigenvalue weighted by Crippen LogP contribution is 2.31. The molecular weight excluding hydrogens is 380 g/mol. The summed E-state index contributed by atoms with van der Waals surface area (Å²) >= 11 is 1.71. The molecule has 1 unspecified atom stereocenters. The third-order valence-electron chi connectivity index (χ3n) is 5.30. The van der Waals surface area contributed by atoms with Crippen LogP contribution in [0.25, 0.3) is 11.0 Å².